The Hall–Kier alpha value is -1.60. The maximum atomic E-state index is 9.05. The molecule has 4 heteroatoms. The summed E-state index contributed by atoms with van der Waals surface area (Å²) in [7, 11) is 0. The fourth-order valence-corrected chi connectivity index (χ4v) is 1.55. The minimum absolute atomic E-state index is 0.440. The van der Waals surface area contributed by atoms with Crippen molar-refractivity contribution < 1.29 is 4.74 Å². The summed E-state index contributed by atoms with van der Waals surface area (Å²) in [5.74, 6) is 0.628. The molecule has 0 aliphatic carbocycles. The van der Waals surface area contributed by atoms with E-state index in [2.05, 4.69) is 30.2 Å². The molecule has 0 amide bonds. The molecule has 0 fully saturated rings. The van der Waals surface area contributed by atoms with Gasteiger partial charge in [-0.3, -0.25) is 4.98 Å². The third-order valence-electron chi connectivity index (χ3n) is 2.32. The largest absolute Gasteiger partial charge is 0.491 e. The molecule has 0 radical (unpaired) electrons. The molecule has 0 aliphatic rings. The van der Waals surface area contributed by atoms with Gasteiger partial charge in [-0.1, -0.05) is 13.8 Å². The number of aromatic nitrogens is 1. The number of nitrogens with zero attached hydrogens (tertiary/aromatic N) is 2. The van der Waals surface area contributed by atoms with Crippen LogP contribution in [0.25, 0.3) is 0 Å². The fourth-order valence-electron chi connectivity index (χ4n) is 1.55. The Morgan fingerprint density at radius 3 is 2.76 bits per heavy atom. The second-order valence-corrected chi connectivity index (χ2v) is 4.29. The topological polar surface area (TPSA) is 57.9 Å². The average Bonchev–Trinajstić information content (AvgIpc) is 2.23. The van der Waals surface area contributed by atoms with Crippen molar-refractivity contribution in [1.29, 1.82) is 5.26 Å². The molecule has 0 saturated heterocycles. The van der Waals surface area contributed by atoms with Crippen LogP contribution in [0.2, 0.25) is 0 Å². The van der Waals surface area contributed by atoms with E-state index in [-0.39, 0.29) is 0 Å². The van der Waals surface area contributed by atoms with Gasteiger partial charge in [0.15, 0.2) is 0 Å². The average molecular weight is 233 g/mol. The van der Waals surface area contributed by atoms with E-state index < -0.39 is 0 Å². The van der Waals surface area contributed by atoms with Crippen LogP contribution in [0.1, 0.15) is 30.8 Å². The zero-order chi connectivity index (χ0) is 12.8. The van der Waals surface area contributed by atoms with Gasteiger partial charge in [-0.2, -0.15) is 5.26 Å². The highest BCUT2D eigenvalue weighted by Crippen LogP contribution is 2.20. The number of pyridine rings is 1. The molecule has 4 nitrogen and oxygen atoms in total. The summed E-state index contributed by atoms with van der Waals surface area (Å²) in [6.07, 6.45) is 0. The Kier molecular flexibility index (Phi) is 4.92. The molecule has 0 unspecified atom stereocenters. The lowest BCUT2D eigenvalue weighted by Crippen LogP contribution is -2.27. The second-order valence-electron chi connectivity index (χ2n) is 4.29. The molecular weight excluding hydrogens is 214 g/mol. The van der Waals surface area contributed by atoms with Crippen LogP contribution in [-0.2, 0) is 0 Å². The summed E-state index contributed by atoms with van der Waals surface area (Å²) in [6.45, 7) is 9.21. The molecule has 1 N–H and O–H groups in total. The third-order valence-corrected chi connectivity index (χ3v) is 2.32. The smallest absolute Gasteiger partial charge is 0.140 e. The summed E-state index contributed by atoms with van der Waals surface area (Å²) in [5, 5.41) is 12.3. The SMILES string of the molecule is Cc1cc(OCCNC(C)C)c(C#N)c(C)n1. The first-order chi connectivity index (χ1) is 8.04. The normalized spacial score (nSPS) is 10.4. The lowest BCUT2D eigenvalue weighted by Gasteiger charge is -2.12. The predicted octanol–water partition coefficient (Wildman–Crippen LogP) is 1.95. The van der Waals surface area contributed by atoms with Crippen molar-refractivity contribution in [3.05, 3.63) is 23.0 Å². The Morgan fingerprint density at radius 2 is 2.18 bits per heavy atom. The molecule has 1 heterocycles. The van der Waals surface area contributed by atoms with Gasteiger partial charge in [-0.25, -0.2) is 0 Å². The maximum Gasteiger partial charge on any atom is 0.140 e. The fraction of sp³-hybridized carbons (Fsp3) is 0.538. The van der Waals surface area contributed by atoms with Crippen LogP contribution < -0.4 is 10.1 Å². The van der Waals surface area contributed by atoms with E-state index in [1.165, 1.54) is 0 Å². The highest BCUT2D eigenvalue weighted by atomic mass is 16.5. The zero-order valence-corrected chi connectivity index (χ0v) is 10.9. The van der Waals surface area contributed by atoms with Gasteiger partial charge in [-0.05, 0) is 13.8 Å². The van der Waals surface area contributed by atoms with Gasteiger partial charge in [-0.15, -0.1) is 0 Å². The minimum Gasteiger partial charge on any atom is -0.491 e. The van der Waals surface area contributed by atoms with E-state index in [1.807, 2.05) is 13.8 Å². The molecule has 1 aromatic rings. The summed E-state index contributed by atoms with van der Waals surface area (Å²) in [5.41, 5.74) is 2.12. The summed E-state index contributed by atoms with van der Waals surface area (Å²) >= 11 is 0. The third kappa shape index (κ3) is 4.04. The first-order valence-corrected chi connectivity index (χ1v) is 5.79. The van der Waals surface area contributed by atoms with Gasteiger partial charge in [0, 0.05) is 24.3 Å². The van der Waals surface area contributed by atoms with Gasteiger partial charge < -0.3 is 10.1 Å². The number of nitriles is 1. The predicted molar refractivity (Wildman–Crippen MR) is 67.1 cm³/mol. The monoisotopic (exact) mass is 233 g/mol. The van der Waals surface area contributed by atoms with Crippen LogP contribution in [0.15, 0.2) is 6.07 Å². The molecule has 0 aliphatic heterocycles. The molecule has 0 atom stereocenters. The van der Waals surface area contributed by atoms with Crippen molar-refractivity contribution in [2.45, 2.75) is 33.7 Å². The number of hydrogen-bond donors (Lipinski definition) is 1. The first-order valence-electron chi connectivity index (χ1n) is 5.79. The molecule has 17 heavy (non-hydrogen) atoms. The molecule has 1 rings (SSSR count). The second kappa shape index (κ2) is 6.21. The minimum atomic E-state index is 0.440. The van der Waals surface area contributed by atoms with Crippen LogP contribution in [-0.4, -0.2) is 24.2 Å². The van der Waals surface area contributed by atoms with E-state index in [9.17, 15) is 0 Å². The summed E-state index contributed by atoms with van der Waals surface area (Å²) in [6, 6.07) is 4.38. The molecule has 0 aromatic carbocycles. The van der Waals surface area contributed by atoms with Gasteiger partial charge in [0.25, 0.3) is 0 Å². The molecule has 1 aromatic heterocycles. The lowest BCUT2D eigenvalue weighted by molar-refractivity contribution is 0.307. The maximum absolute atomic E-state index is 9.05. The molecule has 0 saturated carbocycles. The van der Waals surface area contributed by atoms with Crippen LogP contribution in [0.3, 0.4) is 0 Å². The highest BCUT2D eigenvalue weighted by Gasteiger charge is 2.08. The van der Waals surface area contributed by atoms with Crippen LogP contribution in [0, 0.1) is 25.2 Å². The van der Waals surface area contributed by atoms with Crippen molar-refractivity contribution in [3.8, 4) is 11.8 Å². The van der Waals surface area contributed by atoms with Crippen molar-refractivity contribution in [2.75, 3.05) is 13.2 Å². The zero-order valence-electron chi connectivity index (χ0n) is 10.9. The first kappa shape index (κ1) is 13.5. The van der Waals surface area contributed by atoms with Gasteiger partial charge in [0.05, 0.1) is 5.69 Å². The summed E-state index contributed by atoms with van der Waals surface area (Å²) in [4.78, 5) is 4.24. The molecule has 0 bridgehead atoms. The van der Waals surface area contributed by atoms with Crippen LogP contribution in [0.4, 0.5) is 0 Å². The molecular formula is C13H19N3O. The van der Waals surface area contributed by atoms with Gasteiger partial charge in [0.1, 0.15) is 24.0 Å². The number of aryl methyl sites for hydroxylation is 2. The van der Waals surface area contributed by atoms with Crippen molar-refractivity contribution in [2.24, 2.45) is 0 Å². The Morgan fingerprint density at radius 1 is 1.47 bits per heavy atom. The van der Waals surface area contributed by atoms with E-state index in [0.29, 0.717) is 24.0 Å². The van der Waals surface area contributed by atoms with Crippen LogP contribution >= 0.6 is 0 Å². The quantitative estimate of drug-likeness (QED) is 0.790. The van der Waals surface area contributed by atoms with Crippen LogP contribution in [0.5, 0.6) is 5.75 Å². The number of hydrogen-bond acceptors (Lipinski definition) is 4. The Bertz CT molecular complexity index is 421. The highest BCUT2D eigenvalue weighted by molar-refractivity contribution is 5.46. The van der Waals surface area contributed by atoms with E-state index in [4.69, 9.17) is 10.00 Å². The Labute approximate surface area is 103 Å². The van der Waals surface area contributed by atoms with Gasteiger partial charge in [0.2, 0.25) is 0 Å². The molecule has 0 spiro atoms. The van der Waals surface area contributed by atoms with Crippen molar-refractivity contribution in [3.63, 3.8) is 0 Å². The summed E-state index contributed by atoms with van der Waals surface area (Å²) < 4.78 is 5.62. The van der Waals surface area contributed by atoms with Crippen molar-refractivity contribution in [1.82, 2.24) is 10.3 Å². The lowest BCUT2D eigenvalue weighted by atomic mass is 10.2. The number of rotatable bonds is 5. The number of nitrogens with one attached hydrogen (secondary N) is 1. The van der Waals surface area contributed by atoms with E-state index in [0.717, 1.165) is 17.9 Å². The number of ether oxygens (including phenoxy) is 1. The molecule has 92 valence electrons. The Balaban J connectivity index is 2.67. The van der Waals surface area contributed by atoms with E-state index in [1.54, 1.807) is 6.07 Å². The van der Waals surface area contributed by atoms with Gasteiger partial charge >= 0.3 is 0 Å². The standard InChI is InChI=1S/C13H19N3O/c1-9(2)15-5-6-17-13-7-10(3)16-11(4)12(13)8-14/h7,9,15H,5-6H2,1-4H3. The van der Waals surface area contributed by atoms with E-state index >= 15 is 0 Å². The van der Waals surface area contributed by atoms with Crippen molar-refractivity contribution >= 4 is 0 Å².